The van der Waals surface area contributed by atoms with Crippen LogP contribution in [0.3, 0.4) is 0 Å². The van der Waals surface area contributed by atoms with Crippen LogP contribution in [0.4, 0.5) is 0 Å². The maximum absolute atomic E-state index is 10.7. The average molecular weight is 477 g/mol. The molecule has 0 aliphatic heterocycles. The van der Waals surface area contributed by atoms with Crippen molar-refractivity contribution in [1.82, 2.24) is 0 Å². The third-order valence-electron chi connectivity index (χ3n) is 4.64. The molecule has 4 aromatic rings. The second-order valence-electron chi connectivity index (χ2n) is 7.29. The average Bonchev–Trinajstić information content (AvgIpc) is 2.81. The van der Waals surface area contributed by atoms with Crippen molar-refractivity contribution in [1.29, 1.82) is 0 Å². The molecule has 0 spiro atoms. The van der Waals surface area contributed by atoms with Crippen LogP contribution in [0.5, 0.6) is 40.2 Å². The van der Waals surface area contributed by atoms with Crippen molar-refractivity contribution in [2.45, 2.75) is 6.92 Å². The second kappa shape index (κ2) is 10.6. The summed E-state index contributed by atoms with van der Waals surface area (Å²) in [5.74, 6) is 2.80. The summed E-state index contributed by atoms with van der Waals surface area (Å²) in [7, 11) is 0. The number of hydrogen-bond donors (Lipinski definition) is 1. The summed E-state index contributed by atoms with van der Waals surface area (Å²) in [6.07, 6.45) is 0. The van der Waals surface area contributed by atoms with Gasteiger partial charge >= 0.3 is 5.97 Å². The normalized spacial score (nSPS) is 10.4. The van der Waals surface area contributed by atoms with E-state index >= 15 is 0 Å². The van der Waals surface area contributed by atoms with Gasteiger partial charge in [0.1, 0.15) is 28.7 Å². The van der Waals surface area contributed by atoms with E-state index < -0.39 is 12.6 Å². The number of ether oxygens (including phenoxy) is 4. The number of carbonyl (C=O) groups is 1. The van der Waals surface area contributed by atoms with Crippen LogP contribution in [0.2, 0.25) is 5.02 Å². The zero-order chi connectivity index (χ0) is 23.9. The Kier molecular flexibility index (Phi) is 7.20. The van der Waals surface area contributed by atoms with E-state index in [0.29, 0.717) is 45.3 Å². The number of rotatable bonds is 9. The largest absolute Gasteiger partial charge is 0.482 e. The molecule has 0 aromatic heterocycles. The summed E-state index contributed by atoms with van der Waals surface area (Å²) in [5, 5.41) is 9.30. The van der Waals surface area contributed by atoms with Gasteiger partial charge in [0.2, 0.25) is 0 Å². The predicted molar refractivity (Wildman–Crippen MR) is 129 cm³/mol. The van der Waals surface area contributed by atoms with Gasteiger partial charge in [0, 0.05) is 17.2 Å². The van der Waals surface area contributed by atoms with E-state index in [-0.39, 0.29) is 0 Å². The Morgan fingerprint density at radius 2 is 1.35 bits per heavy atom. The topological polar surface area (TPSA) is 74.2 Å². The molecule has 0 aliphatic carbocycles. The van der Waals surface area contributed by atoms with Crippen LogP contribution in [0.25, 0.3) is 0 Å². The van der Waals surface area contributed by atoms with Crippen LogP contribution >= 0.6 is 11.6 Å². The lowest BCUT2D eigenvalue weighted by atomic mass is 10.2. The van der Waals surface area contributed by atoms with E-state index in [4.69, 9.17) is 35.7 Å². The first-order chi connectivity index (χ1) is 16.5. The van der Waals surface area contributed by atoms with Crippen molar-refractivity contribution >= 4 is 17.6 Å². The van der Waals surface area contributed by atoms with Crippen LogP contribution < -0.4 is 18.9 Å². The molecule has 4 rings (SSSR count). The van der Waals surface area contributed by atoms with Crippen LogP contribution in [0.1, 0.15) is 5.56 Å². The van der Waals surface area contributed by atoms with Crippen molar-refractivity contribution in [2.75, 3.05) is 6.61 Å². The molecular formula is C27H21ClO6. The molecule has 0 saturated heterocycles. The first kappa shape index (κ1) is 23.0. The Labute approximate surface area is 201 Å². The minimum Gasteiger partial charge on any atom is -0.482 e. The highest BCUT2D eigenvalue weighted by molar-refractivity contribution is 6.30. The molecule has 0 atom stereocenters. The highest BCUT2D eigenvalue weighted by atomic mass is 35.5. The van der Waals surface area contributed by atoms with Gasteiger partial charge in [-0.05, 0) is 67.1 Å². The van der Waals surface area contributed by atoms with Gasteiger partial charge < -0.3 is 24.1 Å². The van der Waals surface area contributed by atoms with Crippen molar-refractivity contribution in [3.8, 4) is 40.2 Å². The van der Waals surface area contributed by atoms with Gasteiger partial charge in [0.25, 0.3) is 0 Å². The fourth-order valence-corrected chi connectivity index (χ4v) is 3.27. The number of hydrogen-bond acceptors (Lipinski definition) is 5. The summed E-state index contributed by atoms with van der Waals surface area (Å²) in [6, 6.07) is 26.9. The molecule has 34 heavy (non-hydrogen) atoms. The number of carboxylic acid groups (broad SMARTS) is 1. The molecule has 0 unspecified atom stereocenters. The summed E-state index contributed by atoms with van der Waals surface area (Å²) in [6.45, 7) is 1.42. The van der Waals surface area contributed by atoms with E-state index in [1.165, 1.54) is 0 Å². The zero-order valence-corrected chi connectivity index (χ0v) is 19.0. The molecule has 0 heterocycles. The molecule has 4 aromatic carbocycles. The summed E-state index contributed by atoms with van der Waals surface area (Å²) in [5.41, 5.74) is 0.759. The SMILES string of the molecule is Cc1cc(Oc2cccc(Oc3ccc(Cl)cc3Oc3ccccc3)c2)ccc1OCC(=O)O. The molecular weight excluding hydrogens is 456 g/mol. The van der Waals surface area contributed by atoms with Crippen LogP contribution in [-0.4, -0.2) is 17.7 Å². The number of para-hydroxylation sites is 1. The maximum atomic E-state index is 10.7. The summed E-state index contributed by atoms with van der Waals surface area (Å²) in [4.78, 5) is 10.7. The molecule has 1 N–H and O–H groups in total. The standard InChI is InChI=1S/C27H21ClO6/c1-18-14-23(11-13-24(18)31-17-27(29)30)32-21-8-5-9-22(16-21)34-25-12-10-19(28)15-26(25)33-20-6-3-2-4-7-20/h2-16H,17H2,1H3,(H,29,30). The number of benzene rings is 4. The van der Waals surface area contributed by atoms with E-state index in [0.717, 1.165) is 5.56 Å². The van der Waals surface area contributed by atoms with Crippen molar-refractivity contribution < 1.29 is 28.8 Å². The van der Waals surface area contributed by atoms with Gasteiger partial charge in [-0.25, -0.2) is 4.79 Å². The van der Waals surface area contributed by atoms with Crippen LogP contribution in [-0.2, 0) is 4.79 Å². The van der Waals surface area contributed by atoms with Gasteiger partial charge in [-0.2, -0.15) is 0 Å². The summed E-state index contributed by atoms with van der Waals surface area (Å²) >= 11 is 6.17. The van der Waals surface area contributed by atoms with Gasteiger partial charge in [0.15, 0.2) is 18.1 Å². The quantitative estimate of drug-likeness (QED) is 0.270. The number of halogens is 1. The summed E-state index contributed by atoms with van der Waals surface area (Å²) < 4.78 is 23.2. The van der Waals surface area contributed by atoms with Gasteiger partial charge in [-0.1, -0.05) is 35.9 Å². The Hall–Kier alpha value is -4.16. The molecule has 0 aliphatic rings. The van der Waals surface area contributed by atoms with E-state index in [1.807, 2.05) is 49.4 Å². The first-order valence-corrected chi connectivity index (χ1v) is 10.8. The molecule has 6 nitrogen and oxygen atoms in total. The molecule has 0 bridgehead atoms. The minimum atomic E-state index is -1.03. The number of aryl methyl sites for hydroxylation is 1. The monoisotopic (exact) mass is 476 g/mol. The molecule has 7 heteroatoms. The Morgan fingerprint density at radius 3 is 2.09 bits per heavy atom. The maximum Gasteiger partial charge on any atom is 0.341 e. The van der Waals surface area contributed by atoms with Crippen LogP contribution in [0.15, 0.2) is 91.0 Å². The van der Waals surface area contributed by atoms with Crippen molar-refractivity contribution in [2.24, 2.45) is 0 Å². The predicted octanol–water partition coefficient (Wildman–Crippen LogP) is 7.49. The lowest BCUT2D eigenvalue weighted by Gasteiger charge is -2.14. The van der Waals surface area contributed by atoms with Gasteiger partial charge in [-0.3, -0.25) is 0 Å². The van der Waals surface area contributed by atoms with E-state index in [9.17, 15) is 4.79 Å². The molecule has 0 fully saturated rings. The number of aliphatic carboxylic acids is 1. The fraction of sp³-hybridized carbons (Fsp3) is 0.0741. The molecule has 0 saturated carbocycles. The zero-order valence-electron chi connectivity index (χ0n) is 18.2. The third-order valence-corrected chi connectivity index (χ3v) is 4.88. The Morgan fingerprint density at radius 1 is 0.706 bits per heavy atom. The van der Waals surface area contributed by atoms with Crippen LogP contribution in [0, 0.1) is 6.92 Å². The first-order valence-electron chi connectivity index (χ1n) is 10.4. The highest BCUT2D eigenvalue weighted by Gasteiger charge is 2.11. The van der Waals surface area contributed by atoms with E-state index in [2.05, 4.69) is 0 Å². The molecule has 172 valence electrons. The lowest BCUT2D eigenvalue weighted by molar-refractivity contribution is -0.139. The van der Waals surface area contributed by atoms with Gasteiger partial charge in [0.05, 0.1) is 0 Å². The third kappa shape index (κ3) is 6.21. The molecule has 0 radical (unpaired) electrons. The van der Waals surface area contributed by atoms with Crippen molar-refractivity contribution in [3.05, 3.63) is 102 Å². The van der Waals surface area contributed by atoms with Crippen molar-refractivity contribution in [3.63, 3.8) is 0 Å². The second-order valence-corrected chi connectivity index (χ2v) is 7.73. The highest BCUT2D eigenvalue weighted by Crippen LogP contribution is 2.38. The Balaban J connectivity index is 1.49. The number of carboxylic acids is 1. The molecule has 0 amide bonds. The minimum absolute atomic E-state index is 0.402. The Bertz CT molecular complexity index is 1290. The lowest BCUT2D eigenvalue weighted by Crippen LogP contribution is -2.09. The fourth-order valence-electron chi connectivity index (χ4n) is 3.11. The van der Waals surface area contributed by atoms with E-state index in [1.54, 1.807) is 48.5 Å². The van der Waals surface area contributed by atoms with Gasteiger partial charge in [-0.15, -0.1) is 0 Å². The smallest absolute Gasteiger partial charge is 0.341 e.